The minimum atomic E-state index is -0.776. The summed E-state index contributed by atoms with van der Waals surface area (Å²) >= 11 is 0. The van der Waals surface area contributed by atoms with Gasteiger partial charge in [0.25, 0.3) is 0 Å². The van der Waals surface area contributed by atoms with Crippen LogP contribution in [0.5, 0.6) is 0 Å². The van der Waals surface area contributed by atoms with Gasteiger partial charge in [-0.3, -0.25) is 4.90 Å². The van der Waals surface area contributed by atoms with E-state index in [4.69, 9.17) is 0 Å². The van der Waals surface area contributed by atoms with Crippen molar-refractivity contribution in [2.75, 3.05) is 20.1 Å². The molecule has 0 amide bonds. The first-order chi connectivity index (χ1) is 8.20. The van der Waals surface area contributed by atoms with Crippen molar-refractivity contribution in [1.82, 2.24) is 10.2 Å². The monoisotopic (exact) mass is 276 g/mol. The van der Waals surface area contributed by atoms with Crippen LogP contribution >= 0.6 is 12.4 Å². The summed E-state index contributed by atoms with van der Waals surface area (Å²) in [5.74, 6) is -1.53. The molecule has 1 N–H and O–H groups in total. The van der Waals surface area contributed by atoms with Crippen LogP contribution in [0.4, 0.5) is 8.78 Å². The zero-order valence-corrected chi connectivity index (χ0v) is 11.3. The number of nitrogens with one attached hydrogen (secondary N) is 1. The fraction of sp³-hybridized carbons (Fsp3) is 0.538. The number of likely N-dealkylation sites (N-methyl/N-ethyl adjacent to an activating group) is 1. The van der Waals surface area contributed by atoms with E-state index in [-0.39, 0.29) is 12.4 Å². The lowest BCUT2D eigenvalue weighted by molar-refractivity contribution is 0.242. The normalized spacial score (nSPS) is 19.8. The summed E-state index contributed by atoms with van der Waals surface area (Å²) in [6.45, 7) is 2.68. The number of halogens is 3. The highest BCUT2D eigenvalue weighted by Crippen LogP contribution is 2.20. The highest BCUT2D eigenvalue weighted by atomic mass is 35.5. The van der Waals surface area contributed by atoms with Crippen LogP contribution in [0, 0.1) is 11.6 Å². The molecule has 2 nitrogen and oxygen atoms in total. The predicted octanol–water partition coefficient (Wildman–Crippen LogP) is 2.57. The van der Waals surface area contributed by atoms with Crippen molar-refractivity contribution < 1.29 is 8.78 Å². The second kappa shape index (κ2) is 7.02. The minimum absolute atomic E-state index is 0. The summed E-state index contributed by atoms with van der Waals surface area (Å²) < 4.78 is 25.9. The number of nitrogens with zero attached hydrogens (tertiary/aromatic N) is 1. The molecule has 1 heterocycles. The fourth-order valence-corrected chi connectivity index (χ4v) is 2.44. The Hall–Kier alpha value is -0.710. The number of benzene rings is 1. The molecule has 0 bridgehead atoms. The summed E-state index contributed by atoms with van der Waals surface area (Å²) in [5, 5.41) is 3.17. The van der Waals surface area contributed by atoms with Crippen molar-refractivity contribution in [2.24, 2.45) is 0 Å². The number of likely N-dealkylation sites (tertiary alicyclic amines) is 1. The summed E-state index contributed by atoms with van der Waals surface area (Å²) in [5.41, 5.74) is 0.840. The molecule has 0 saturated carbocycles. The van der Waals surface area contributed by atoms with Gasteiger partial charge in [0.05, 0.1) is 0 Å². The van der Waals surface area contributed by atoms with Gasteiger partial charge in [0.15, 0.2) is 11.6 Å². The average Bonchev–Trinajstić information content (AvgIpc) is 2.72. The molecular weight excluding hydrogens is 258 g/mol. The molecule has 0 aliphatic carbocycles. The average molecular weight is 277 g/mol. The first kappa shape index (κ1) is 15.3. The molecule has 0 radical (unpaired) electrons. The molecule has 2 rings (SSSR count). The third-order valence-corrected chi connectivity index (χ3v) is 3.31. The maximum Gasteiger partial charge on any atom is 0.159 e. The van der Waals surface area contributed by atoms with E-state index in [1.807, 2.05) is 7.05 Å². The van der Waals surface area contributed by atoms with Crippen LogP contribution in [-0.2, 0) is 6.54 Å². The molecule has 1 fully saturated rings. The summed E-state index contributed by atoms with van der Waals surface area (Å²) in [7, 11) is 1.94. The molecule has 1 unspecified atom stereocenters. The Kier molecular flexibility index (Phi) is 5.99. The highest BCUT2D eigenvalue weighted by molar-refractivity contribution is 5.85. The van der Waals surface area contributed by atoms with Gasteiger partial charge in [0.1, 0.15) is 0 Å². The Morgan fingerprint density at radius 2 is 2.11 bits per heavy atom. The first-order valence-corrected chi connectivity index (χ1v) is 6.03. The maximum atomic E-state index is 13.1. The summed E-state index contributed by atoms with van der Waals surface area (Å²) in [4.78, 5) is 2.32. The van der Waals surface area contributed by atoms with Gasteiger partial charge in [-0.05, 0) is 44.1 Å². The quantitative estimate of drug-likeness (QED) is 0.909. The van der Waals surface area contributed by atoms with Crippen LogP contribution in [0.15, 0.2) is 18.2 Å². The summed E-state index contributed by atoms with van der Waals surface area (Å²) in [6, 6.07) is 4.67. The Labute approximate surface area is 113 Å². The molecule has 1 atom stereocenters. The smallest absolute Gasteiger partial charge is 0.159 e. The van der Waals surface area contributed by atoms with Crippen molar-refractivity contribution in [3.63, 3.8) is 0 Å². The number of hydrogen-bond donors (Lipinski definition) is 1. The van der Waals surface area contributed by atoms with E-state index in [1.54, 1.807) is 6.07 Å². The number of rotatable bonds is 4. The second-order valence-corrected chi connectivity index (χ2v) is 4.57. The van der Waals surface area contributed by atoms with Gasteiger partial charge in [-0.2, -0.15) is 0 Å². The lowest BCUT2D eigenvalue weighted by Crippen LogP contribution is -2.36. The Bertz CT molecular complexity index is 387. The SMILES string of the molecule is CNCC1CCCN1Cc1ccc(F)c(F)c1.Cl. The van der Waals surface area contributed by atoms with Crippen molar-refractivity contribution in [2.45, 2.75) is 25.4 Å². The van der Waals surface area contributed by atoms with Crippen molar-refractivity contribution in [3.8, 4) is 0 Å². The topological polar surface area (TPSA) is 15.3 Å². The van der Waals surface area contributed by atoms with Crippen LogP contribution in [0.3, 0.4) is 0 Å². The Morgan fingerprint density at radius 1 is 1.33 bits per heavy atom. The van der Waals surface area contributed by atoms with E-state index < -0.39 is 11.6 Å². The lowest BCUT2D eigenvalue weighted by Gasteiger charge is -2.24. The van der Waals surface area contributed by atoms with Crippen LogP contribution in [0.1, 0.15) is 18.4 Å². The fourth-order valence-electron chi connectivity index (χ4n) is 2.44. The van der Waals surface area contributed by atoms with Gasteiger partial charge in [0.2, 0.25) is 0 Å². The van der Waals surface area contributed by atoms with Crippen LogP contribution in [-0.4, -0.2) is 31.1 Å². The molecule has 0 spiro atoms. The van der Waals surface area contributed by atoms with E-state index in [0.717, 1.165) is 18.7 Å². The molecule has 1 aliphatic heterocycles. The molecule has 18 heavy (non-hydrogen) atoms. The van der Waals surface area contributed by atoms with Crippen molar-refractivity contribution in [1.29, 1.82) is 0 Å². The van der Waals surface area contributed by atoms with E-state index in [9.17, 15) is 8.78 Å². The predicted molar refractivity (Wildman–Crippen MR) is 71.0 cm³/mol. The van der Waals surface area contributed by atoms with Crippen molar-refractivity contribution in [3.05, 3.63) is 35.4 Å². The molecule has 5 heteroatoms. The molecule has 1 saturated heterocycles. The molecule has 1 aromatic carbocycles. The second-order valence-electron chi connectivity index (χ2n) is 4.57. The zero-order valence-electron chi connectivity index (χ0n) is 10.5. The number of hydrogen-bond acceptors (Lipinski definition) is 2. The molecule has 0 aromatic heterocycles. The standard InChI is InChI=1S/C13H18F2N2.ClH/c1-16-8-11-3-2-6-17(11)9-10-4-5-12(14)13(15)7-10;/h4-5,7,11,16H,2-3,6,8-9H2,1H3;1H. The van der Waals surface area contributed by atoms with Crippen molar-refractivity contribution >= 4 is 12.4 Å². The molecular formula is C13H19ClF2N2. The van der Waals surface area contributed by atoms with E-state index in [1.165, 1.54) is 25.0 Å². The largest absolute Gasteiger partial charge is 0.318 e. The molecule has 1 aromatic rings. The third kappa shape index (κ3) is 3.64. The van der Waals surface area contributed by atoms with Crippen LogP contribution in [0.2, 0.25) is 0 Å². The van der Waals surface area contributed by atoms with Gasteiger partial charge in [-0.25, -0.2) is 8.78 Å². The Balaban J connectivity index is 0.00000162. The highest BCUT2D eigenvalue weighted by Gasteiger charge is 2.23. The van der Waals surface area contributed by atoms with Gasteiger partial charge in [-0.1, -0.05) is 6.07 Å². The maximum absolute atomic E-state index is 13.1. The molecule has 102 valence electrons. The van der Waals surface area contributed by atoms with Gasteiger partial charge in [0, 0.05) is 19.1 Å². The van der Waals surface area contributed by atoms with E-state index in [0.29, 0.717) is 12.6 Å². The van der Waals surface area contributed by atoms with E-state index >= 15 is 0 Å². The molecule has 1 aliphatic rings. The van der Waals surface area contributed by atoms with Gasteiger partial charge in [-0.15, -0.1) is 12.4 Å². The third-order valence-electron chi connectivity index (χ3n) is 3.31. The minimum Gasteiger partial charge on any atom is -0.318 e. The lowest BCUT2D eigenvalue weighted by atomic mass is 10.1. The van der Waals surface area contributed by atoms with E-state index in [2.05, 4.69) is 10.2 Å². The van der Waals surface area contributed by atoms with Crippen LogP contribution < -0.4 is 5.32 Å². The summed E-state index contributed by atoms with van der Waals surface area (Å²) in [6.07, 6.45) is 2.35. The van der Waals surface area contributed by atoms with Gasteiger partial charge < -0.3 is 5.32 Å². The zero-order chi connectivity index (χ0) is 12.3. The first-order valence-electron chi connectivity index (χ1n) is 6.03. The Morgan fingerprint density at radius 3 is 2.78 bits per heavy atom. The van der Waals surface area contributed by atoms with Gasteiger partial charge >= 0.3 is 0 Å². The van der Waals surface area contributed by atoms with Crippen LogP contribution in [0.25, 0.3) is 0 Å².